The summed E-state index contributed by atoms with van der Waals surface area (Å²) in [5, 5.41) is 11.9. The van der Waals surface area contributed by atoms with Crippen LogP contribution in [0.2, 0.25) is 0 Å². The third kappa shape index (κ3) is 3.97. The van der Waals surface area contributed by atoms with Gasteiger partial charge in [0.25, 0.3) is 5.91 Å². The number of aliphatic hydroxyl groups is 1. The number of hydrogen-bond acceptors (Lipinski definition) is 4. The number of carbonyl (C=O) groups is 1. The average Bonchev–Trinajstić information content (AvgIpc) is 2.37. The van der Waals surface area contributed by atoms with Gasteiger partial charge < -0.3 is 20.9 Å². The number of aliphatic hydroxyl groups excluding tert-OH is 1. The quantitative estimate of drug-likeness (QED) is 0.688. The Morgan fingerprint density at radius 3 is 2.94 bits per heavy atom. The van der Waals surface area contributed by atoms with Crippen LogP contribution in [0.5, 0.6) is 0 Å². The van der Waals surface area contributed by atoms with E-state index in [0.717, 1.165) is 0 Å². The maximum absolute atomic E-state index is 12.0. The molecule has 1 rings (SSSR count). The van der Waals surface area contributed by atoms with Crippen LogP contribution in [0.15, 0.2) is 22.7 Å². The first-order chi connectivity index (χ1) is 8.60. The van der Waals surface area contributed by atoms with Crippen LogP contribution in [-0.2, 0) is 4.74 Å². The van der Waals surface area contributed by atoms with E-state index in [-0.39, 0.29) is 18.6 Å². The summed E-state index contributed by atoms with van der Waals surface area (Å²) in [6.45, 7) is 0.346. The minimum atomic E-state index is -0.328. The molecule has 0 aliphatic heterocycles. The van der Waals surface area contributed by atoms with E-state index in [2.05, 4.69) is 21.2 Å². The number of benzene rings is 1. The molecule has 6 heteroatoms. The monoisotopic (exact) mass is 316 g/mol. The van der Waals surface area contributed by atoms with E-state index in [1.165, 1.54) is 0 Å². The van der Waals surface area contributed by atoms with Crippen LogP contribution in [-0.4, -0.2) is 37.4 Å². The predicted molar refractivity (Wildman–Crippen MR) is 73.4 cm³/mol. The van der Waals surface area contributed by atoms with Gasteiger partial charge in [-0.2, -0.15) is 0 Å². The summed E-state index contributed by atoms with van der Waals surface area (Å²) < 4.78 is 5.47. The number of hydrogen-bond donors (Lipinski definition) is 3. The maximum Gasteiger partial charge on any atom is 0.252 e. The zero-order chi connectivity index (χ0) is 13.5. The van der Waals surface area contributed by atoms with Gasteiger partial charge in [-0.1, -0.05) is 6.07 Å². The minimum Gasteiger partial charge on any atom is -0.398 e. The first-order valence-corrected chi connectivity index (χ1v) is 6.34. The molecular weight excluding hydrogens is 300 g/mol. The number of carbonyl (C=O) groups excluding carboxylic acids is 1. The fraction of sp³-hybridized carbons (Fsp3) is 0.417. The Balaban J connectivity index is 2.72. The van der Waals surface area contributed by atoms with Gasteiger partial charge >= 0.3 is 0 Å². The van der Waals surface area contributed by atoms with Crippen LogP contribution in [0.4, 0.5) is 5.69 Å². The Morgan fingerprint density at radius 2 is 2.33 bits per heavy atom. The van der Waals surface area contributed by atoms with Crippen molar-refractivity contribution in [3.63, 3.8) is 0 Å². The molecule has 18 heavy (non-hydrogen) atoms. The number of nitrogens with one attached hydrogen (secondary N) is 1. The van der Waals surface area contributed by atoms with E-state index in [9.17, 15) is 4.79 Å². The van der Waals surface area contributed by atoms with Gasteiger partial charge in [0.1, 0.15) is 0 Å². The average molecular weight is 317 g/mol. The highest BCUT2D eigenvalue weighted by molar-refractivity contribution is 9.10. The van der Waals surface area contributed by atoms with Crippen molar-refractivity contribution in [2.24, 2.45) is 0 Å². The topological polar surface area (TPSA) is 84.6 Å². The van der Waals surface area contributed by atoms with E-state index >= 15 is 0 Å². The first kappa shape index (κ1) is 14.9. The molecule has 4 N–H and O–H groups in total. The summed E-state index contributed by atoms with van der Waals surface area (Å²) in [6.07, 6.45) is 0.554. The molecule has 0 radical (unpaired) electrons. The van der Waals surface area contributed by atoms with Crippen LogP contribution in [0.3, 0.4) is 0 Å². The standard InChI is InChI=1S/C12H17BrN2O3/c1-18-6-5-8(7-16)15-12(17)9-3-2-4-10(14)11(9)13/h2-4,8,16H,5-7,14H2,1H3,(H,15,17). The second-order valence-corrected chi connectivity index (χ2v) is 4.64. The van der Waals surface area contributed by atoms with Crippen molar-refractivity contribution < 1.29 is 14.6 Å². The number of nitrogens with two attached hydrogens (primary N) is 1. The number of halogens is 1. The normalized spacial score (nSPS) is 12.2. The molecule has 0 aliphatic carbocycles. The SMILES string of the molecule is COCCC(CO)NC(=O)c1cccc(N)c1Br. The predicted octanol–water partition coefficient (Wildman–Crippen LogP) is 1.16. The summed E-state index contributed by atoms with van der Waals surface area (Å²) in [5.74, 6) is -0.274. The number of methoxy groups -OCH3 is 1. The van der Waals surface area contributed by atoms with Crippen molar-refractivity contribution in [2.45, 2.75) is 12.5 Å². The number of amides is 1. The van der Waals surface area contributed by atoms with Crippen molar-refractivity contribution in [1.82, 2.24) is 5.32 Å². The number of ether oxygens (including phenoxy) is 1. The summed E-state index contributed by atoms with van der Waals surface area (Å²) in [6, 6.07) is 4.75. The van der Waals surface area contributed by atoms with Gasteiger partial charge in [-0.25, -0.2) is 0 Å². The number of nitrogen functional groups attached to an aromatic ring is 1. The van der Waals surface area contributed by atoms with Crippen LogP contribution in [0.1, 0.15) is 16.8 Å². The minimum absolute atomic E-state index is 0.130. The Hall–Kier alpha value is -1.11. The molecule has 0 aliphatic rings. The molecule has 0 heterocycles. The molecule has 1 aromatic rings. The molecule has 0 bridgehead atoms. The van der Waals surface area contributed by atoms with Gasteiger partial charge in [-0.3, -0.25) is 4.79 Å². The van der Waals surface area contributed by atoms with Crippen molar-refractivity contribution in [1.29, 1.82) is 0 Å². The lowest BCUT2D eigenvalue weighted by Crippen LogP contribution is -2.38. The number of rotatable bonds is 6. The summed E-state index contributed by atoms with van der Waals surface area (Å²) >= 11 is 3.27. The van der Waals surface area contributed by atoms with E-state index in [4.69, 9.17) is 15.6 Å². The lowest BCUT2D eigenvalue weighted by Gasteiger charge is -2.16. The van der Waals surface area contributed by atoms with Gasteiger partial charge in [0.2, 0.25) is 0 Å². The third-order valence-electron chi connectivity index (χ3n) is 2.50. The molecule has 1 amide bonds. The molecule has 1 aromatic carbocycles. The van der Waals surface area contributed by atoms with E-state index in [1.807, 2.05) is 0 Å². The van der Waals surface area contributed by atoms with E-state index < -0.39 is 0 Å². The lowest BCUT2D eigenvalue weighted by molar-refractivity contribution is 0.0894. The molecular formula is C12H17BrN2O3. The molecule has 0 saturated carbocycles. The second-order valence-electron chi connectivity index (χ2n) is 3.84. The molecule has 0 aromatic heterocycles. The van der Waals surface area contributed by atoms with Crippen molar-refractivity contribution >= 4 is 27.5 Å². The summed E-state index contributed by atoms with van der Waals surface area (Å²) in [4.78, 5) is 12.0. The first-order valence-electron chi connectivity index (χ1n) is 5.54. The van der Waals surface area contributed by atoms with Crippen molar-refractivity contribution in [3.05, 3.63) is 28.2 Å². The zero-order valence-electron chi connectivity index (χ0n) is 10.1. The van der Waals surface area contributed by atoms with Gasteiger partial charge in [0, 0.05) is 19.4 Å². The number of anilines is 1. The van der Waals surface area contributed by atoms with Crippen LogP contribution < -0.4 is 11.1 Å². The van der Waals surface area contributed by atoms with Gasteiger partial charge in [0.15, 0.2) is 0 Å². The largest absolute Gasteiger partial charge is 0.398 e. The maximum atomic E-state index is 12.0. The molecule has 1 atom stereocenters. The molecule has 100 valence electrons. The molecule has 1 unspecified atom stereocenters. The van der Waals surface area contributed by atoms with Crippen LogP contribution in [0, 0.1) is 0 Å². The fourth-order valence-corrected chi connectivity index (χ4v) is 1.90. The Bertz CT molecular complexity index is 412. The Morgan fingerprint density at radius 1 is 1.61 bits per heavy atom. The molecule has 5 nitrogen and oxygen atoms in total. The highest BCUT2D eigenvalue weighted by atomic mass is 79.9. The van der Waals surface area contributed by atoms with Gasteiger partial charge in [-0.05, 0) is 34.5 Å². The van der Waals surface area contributed by atoms with Crippen molar-refractivity contribution in [3.8, 4) is 0 Å². The highest BCUT2D eigenvalue weighted by Crippen LogP contribution is 2.23. The van der Waals surface area contributed by atoms with Gasteiger partial charge in [0.05, 0.1) is 22.7 Å². The lowest BCUT2D eigenvalue weighted by atomic mass is 10.1. The summed E-state index contributed by atoms with van der Waals surface area (Å²) in [7, 11) is 1.57. The molecule has 0 fully saturated rings. The molecule has 0 saturated heterocycles. The fourth-order valence-electron chi connectivity index (χ4n) is 1.46. The van der Waals surface area contributed by atoms with Crippen LogP contribution in [0.25, 0.3) is 0 Å². The zero-order valence-corrected chi connectivity index (χ0v) is 11.7. The Labute approximate surface area is 114 Å². The summed E-state index contributed by atoms with van der Waals surface area (Å²) in [5.41, 5.74) is 6.66. The van der Waals surface area contributed by atoms with E-state index in [1.54, 1.807) is 25.3 Å². The smallest absolute Gasteiger partial charge is 0.252 e. The van der Waals surface area contributed by atoms with Gasteiger partial charge in [-0.15, -0.1) is 0 Å². The Kier molecular flexibility index (Phi) is 6.11. The second kappa shape index (κ2) is 7.35. The molecule has 0 spiro atoms. The van der Waals surface area contributed by atoms with Crippen molar-refractivity contribution in [2.75, 3.05) is 26.1 Å². The highest BCUT2D eigenvalue weighted by Gasteiger charge is 2.15. The van der Waals surface area contributed by atoms with E-state index in [0.29, 0.717) is 28.8 Å². The third-order valence-corrected chi connectivity index (χ3v) is 3.38. The van der Waals surface area contributed by atoms with Crippen LogP contribution >= 0.6 is 15.9 Å².